The molecule has 0 atom stereocenters. The Morgan fingerprint density at radius 2 is 1.90 bits per heavy atom. The summed E-state index contributed by atoms with van der Waals surface area (Å²) in [7, 11) is 0. The van der Waals surface area contributed by atoms with Gasteiger partial charge in [-0.15, -0.1) is 0 Å². The second-order valence-electron chi connectivity index (χ2n) is 5.20. The third kappa shape index (κ3) is 4.87. The molecule has 0 spiro atoms. The molecule has 0 amide bonds. The molecule has 0 fully saturated rings. The third-order valence-electron chi connectivity index (χ3n) is 3.30. The minimum Gasteiger partial charge on any atom is -0.489 e. The first-order valence-electron chi connectivity index (χ1n) is 7.36. The Kier molecular flexibility index (Phi) is 5.76. The van der Waals surface area contributed by atoms with E-state index in [2.05, 4.69) is 24.4 Å². The molecule has 0 saturated heterocycles. The second kappa shape index (κ2) is 7.79. The van der Waals surface area contributed by atoms with Crippen molar-refractivity contribution >= 4 is 0 Å². The second-order valence-corrected chi connectivity index (χ2v) is 5.20. The Bertz CT molecular complexity index is 583. The van der Waals surface area contributed by atoms with Crippen molar-refractivity contribution in [2.24, 2.45) is 0 Å². The van der Waals surface area contributed by atoms with Gasteiger partial charge in [-0.1, -0.05) is 37.3 Å². The third-order valence-corrected chi connectivity index (χ3v) is 3.30. The molecule has 0 heterocycles. The molecule has 21 heavy (non-hydrogen) atoms. The lowest BCUT2D eigenvalue weighted by Gasteiger charge is -2.09. The maximum atomic E-state index is 13.5. The first-order chi connectivity index (χ1) is 10.2. The van der Waals surface area contributed by atoms with Crippen molar-refractivity contribution in [2.75, 3.05) is 6.54 Å². The van der Waals surface area contributed by atoms with Gasteiger partial charge in [0, 0.05) is 12.6 Å². The summed E-state index contributed by atoms with van der Waals surface area (Å²) in [5, 5.41) is 3.38. The van der Waals surface area contributed by atoms with Gasteiger partial charge in [0.05, 0.1) is 0 Å². The molecule has 2 aromatic carbocycles. The van der Waals surface area contributed by atoms with Crippen LogP contribution in [0.4, 0.5) is 4.39 Å². The van der Waals surface area contributed by atoms with Gasteiger partial charge in [0.15, 0.2) is 0 Å². The van der Waals surface area contributed by atoms with E-state index >= 15 is 0 Å². The fraction of sp³-hybridized carbons (Fsp3) is 0.333. The van der Waals surface area contributed by atoms with Crippen molar-refractivity contribution in [1.82, 2.24) is 5.32 Å². The number of hydrogen-bond donors (Lipinski definition) is 1. The zero-order valence-electron chi connectivity index (χ0n) is 12.7. The van der Waals surface area contributed by atoms with Crippen LogP contribution < -0.4 is 10.1 Å². The van der Waals surface area contributed by atoms with Crippen LogP contribution in [0.1, 0.15) is 30.0 Å². The van der Waals surface area contributed by atoms with Crippen molar-refractivity contribution in [2.45, 2.75) is 33.4 Å². The van der Waals surface area contributed by atoms with Gasteiger partial charge in [-0.3, -0.25) is 0 Å². The van der Waals surface area contributed by atoms with Crippen molar-refractivity contribution in [3.8, 4) is 5.75 Å². The normalized spacial score (nSPS) is 10.6. The molecule has 0 aliphatic heterocycles. The number of ether oxygens (including phenoxy) is 1. The van der Waals surface area contributed by atoms with E-state index in [1.807, 2.05) is 12.1 Å². The van der Waals surface area contributed by atoms with Crippen LogP contribution >= 0.6 is 0 Å². The monoisotopic (exact) mass is 287 g/mol. The van der Waals surface area contributed by atoms with Gasteiger partial charge in [0.25, 0.3) is 0 Å². The lowest BCUT2D eigenvalue weighted by atomic mass is 10.1. The highest BCUT2D eigenvalue weighted by Crippen LogP contribution is 2.17. The fourth-order valence-corrected chi connectivity index (χ4v) is 2.07. The molecule has 2 aromatic rings. The zero-order chi connectivity index (χ0) is 15.1. The van der Waals surface area contributed by atoms with Gasteiger partial charge in [0.1, 0.15) is 18.2 Å². The Hall–Kier alpha value is -1.87. The van der Waals surface area contributed by atoms with E-state index < -0.39 is 0 Å². The minimum atomic E-state index is -0.231. The van der Waals surface area contributed by atoms with E-state index in [0.29, 0.717) is 17.9 Å². The summed E-state index contributed by atoms with van der Waals surface area (Å²) in [6.07, 6.45) is 1.13. The Morgan fingerprint density at radius 1 is 1.10 bits per heavy atom. The smallest absolute Gasteiger partial charge is 0.129 e. The van der Waals surface area contributed by atoms with E-state index in [0.717, 1.165) is 25.1 Å². The summed E-state index contributed by atoms with van der Waals surface area (Å²) >= 11 is 0. The summed E-state index contributed by atoms with van der Waals surface area (Å²) in [4.78, 5) is 0. The molecule has 0 aliphatic rings. The van der Waals surface area contributed by atoms with Gasteiger partial charge in [-0.2, -0.15) is 0 Å². The van der Waals surface area contributed by atoms with Crippen LogP contribution in [-0.2, 0) is 13.2 Å². The molecule has 0 aliphatic carbocycles. The molecule has 2 rings (SSSR count). The van der Waals surface area contributed by atoms with E-state index in [4.69, 9.17) is 4.74 Å². The molecule has 0 aromatic heterocycles. The summed E-state index contributed by atoms with van der Waals surface area (Å²) < 4.78 is 19.1. The average Bonchev–Trinajstić information content (AvgIpc) is 2.49. The highest BCUT2D eigenvalue weighted by atomic mass is 19.1. The Labute approximate surface area is 126 Å². The first kappa shape index (κ1) is 15.5. The molecule has 1 N–H and O–H groups in total. The molecule has 0 bridgehead atoms. The van der Waals surface area contributed by atoms with Crippen molar-refractivity contribution in [3.63, 3.8) is 0 Å². The van der Waals surface area contributed by atoms with Crippen LogP contribution in [0, 0.1) is 12.7 Å². The molecule has 2 nitrogen and oxygen atoms in total. The zero-order valence-corrected chi connectivity index (χ0v) is 12.7. The predicted octanol–water partition coefficient (Wildman–Crippen LogP) is 4.21. The van der Waals surface area contributed by atoms with Gasteiger partial charge in [-0.05, 0) is 42.6 Å². The number of rotatable bonds is 7. The van der Waals surface area contributed by atoms with Gasteiger partial charge in [0.2, 0.25) is 0 Å². The maximum absolute atomic E-state index is 13.5. The topological polar surface area (TPSA) is 21.3 Å². The SMILES string of the molecule is CCCNCc1cccc(COc2ccc(C)c(F)c2)c1. The highest BCUT2D eigenvalue weighted by molar-refractivity contribution is 5.29. The molecule has 0 saturated carbocycles. The summed E-state index contributed by atoms with van der Waals surface area (Å²) in [5.74, 6) is 0.331. The van der Waals surface area contributed by atoms with E-state index in [-0.39, 0.29) is 5.82 Å². The highest BCUT2D eigenvalue weighted by Gasteiger charge is 2.02. The molecular formula is C18H22FNO. The van der Waals surface area contributed by atoms with Crippen LogP contribution in [0.15, 0.2) is 42.5 Å². The van der Waals surface area contributed by atoms with E-state index in [1.54, 1.807) is 19.1 Å². The van der Waals surface area contributed by atoms with Crippen LogP contribution in [-0.4, -0.2) is 6.54 Å². The average molecular weight is 287 g/mol. The quantitative estimate of drug-likeness (QED) is 0.770. The van der Waals surface area contributed by atoms with Gasteiger partial charge < -0.3 is 10.1 Å². The van der Waals surface area contributed by atoms with Crippen molar-refractivity contribution < 1.29 is 9.13 Å². The predicted molar refractivity (Wildman–Crippen MR) is 83.9 cm³/mol. The number of hydrogen-bond acceptors (Lipinski definition) is 2. The van der Waals surface area contributed by atoms with Crippen LogP contribution in [0.3, 0.4) is 0 Å². The largest absolute Gasteiger partial charge is 0.489 e. The van der Waals surface area contributed by atoms with E-state index in [9.17, 15) is 4.39 Å². The van der Waals surface area contributed by atoms with E-state index in [1.165, 1.54) is 11.6 Å². The summed E-state index contributed by atoms with van der Waals surface area (Å²) in [6, 6.07) is 13.2. The van der Waals surface area contributed by atoms with Crippen LogP contribution in [0.5, 0.6) is 5.75 Å². The van der Waals surface area contributed by atoms with Gasteiger partial charge >= 0.3 is 0 Å². The lowest BCUT2D eigenvalue weighted by Crippen LogP contribution is -2.13. The molecular weight excluding hydrogens is 265 g/mol. The van der Waals surface area contributed by atoms with Crippen LogP contribution in [0.2, 0.25) is 0 Å². The molecule has 0 radical (unpaired) electrons. The minimum absolute atomic E-state index is 0.231. The number of aryl methyl sites for hydroxylation is 1. The first-order valence-corrected chi connectivity index (χ1v) is 7.36. The fourth-order valence-electron chi connectivity index (χ4n) is 2.07. The van der Waals surface area contributed by atoms with Crippen LogP contribution in [0.25, 0.3) is 0 Å². The van der Waals surface area contributed by atoms with Gasteiger partial charge in [-0.25, -0.2) is 4.39 Å². The Balaban J connectivity index is 1.93. The summed E-state index contributed by atoms with van der Waals surface area (Å²) in [6.45, 7) is 6.22. The van der Waals surface area contributed by atoms with Crippen molar-refractivity contribution in [3.05, 3.63) is 65.0 Å². The summed E-state index contributed by atoms with van der Waals surface area (Å²) in [5.41, 5.74) is 2.96. The maximum Gasteiger partial charge on any atom is 0.129 e. The number of benzene rings is 2. The van der Waals surface area contributed by atoms with Crippen molar-refractivity contribution in [1.29, 1.82) is 0 Å². The lowest BCUT2D eigenvalue weighted by molar-refractivity contribution is 0.304. The number of nitrogens with one attached hydrogen (secondary N) is 1. The Morgan fingerprint density at radius 3 is 2.67 bits per heavy atom. The molecule has 0 unspecified atom stereocenters. The standard InChI is InChI=1S/C18H22FNO/c1-3-9-20-12-15-5-4-6-16(10-15)13-21-17-8-7-14(2)18(19)11-17/h4-8,10-11,20H,3,9,12-13H2,1-2H3. The molecule has 112 valence electrons. The molecule has 3 heteroatoms. The number of halogens is 1.